The van der Waals surface area contributed by atoms with E-state index >= 15 is 0 Å². The highest BCUT2D eigenvalue weighted by Gasteiger charge is 2.07. The first-order valence-electron chi connectivity index (χ1n) is 18.8. The standard InChI is InChI=1S/C10H16N2.C9H12ClN.C9H13N.C8H10ClN.C8H11N.CH5BO2.4H2/c1-6-7(2)9(4)12-10(11-5)8(6)3;1-5-6(2)8(4)11-9(10)7(5)3;1-6-5-10-9(4)8(3)7(6)2;1-5-4-10-8(9)7(3)6(5)2;1-6-4-9-5-7(2)8(6)3;1-2(3)4;;;;/h1-5H3,(H,11,12);1-4H3;5H,1-4H3;4H,1-3H3;4-5H,1-3H3;3-4H,1H3;4*1H/i;;;;;;4*1+1. The molecule has 0 spiro atoms. The maximum absolute atomic E-state index is 7.61. The van der Waals surface area contributed by atoms with Gasteiger partial charge in [0.05, 0.1) is 0 Å². The summed E-state index contributed by atoms with van der Waals surface area (Å²) in [6, 6.07) is 0. The van der Waals surface area contributed by atoms with Crippen molar-refractivity contribution < 1.29 is 15.8 Å². The van der Waals surface area contributed by atoms with Gasteiger partial charge in [-0.05, 0) is 215 Å². The van der Waals surface area contributed by atoms with E-state index in [-0.39, 0.29) is 5.71 Å². The van der Waals surface area contributed by atoms with Crippen LogP contribution < -0.4 is 5.32 Å². The molecule has 0 saturated heterocycles. The molecule has 314 valence electrons. The van der Waals surface area contributed by atoms with Crippen LogP contribution in [-0.4, -0.2) is 49.1 Å². The molecule has 56 heavy (non-hydrogen) atoms. The molecule has 0 unspecified atom stereocenters. The molecular formula is C45H75BCl2N6O2. The predicted octanol–water partition coefficient (Wildman–Crippen LogP) is 12.4. The largest absolute Gasteiger partial charge is 0.448 e. The molecular weight excluding hydrogens is 738 g/mol. The Morgan fingerprint density at radius 2 is 0.804 bits per heavy atom. The monoisotopic (exact) mass is 817 g/mol. The molecule has 0 radical (unpaired) electrons. The fourth-order valence-electron chi connectivity index (χ4n) is 4.85. The third-order valence-electron chi connectivity index (χ3n) is 10.5. The van der Waals surface area contributed by atoms with E-state index in [4.69, 9.17) is 33.2 Å². The lowest BCUT2D eigenvalue weighted by molar-refractivity contribution is 0.417. The number of hydrogen-bond donors (Lipinski definition) is 3. The molecule has 0 aliphatic rings. The van der Waals surface area contributed by atoms with Crippen molar-refractivity contribution in [3.63, 3.8) is 0 Å². The average molecular weight is 818 g/mol. The smallest absolute Gasteiger partial charge is 0.427 e. The summed E-state index contributed by atoms with van der Waals surface area (Å²) in [6.45, 7) is 38.5. The summed E-state index contributed by atoms with van der Waals surface area (Å²) in [5.41, 5.74) is 22.1. The minimum Gasteiger partial charge on any atom is -0.427 e. The Morgan fingerprint density at radius 1 is 0.446 bits per heavy atom. The number of aryl methyl sites for hydroxylation is 7. The van der Waals surface area contributed by atoms with Crippen LogP contribution in [0, 0.1) is 125 Å². The van der Waals surface area contributed by atoms with Crippen molar-refractivity contribution in [2.24, 2.45) is 0 Å². The van der Waals surface area contributed by atoms with E-state index in [2.05, 4.69) is 113 Å². The van der Waals surface area contributed by atoms with Gasteiger partial charge in [0.25, 0.3) is 0 Å². The fraction of sp³-hybridized carbons (Fsp3) is 0.444. The molecule has 0 bridgehead atoms. The van der Waals surface area contributed by atoms with E-state index in [0.29, 0.717) is 10.3 Å². The van der Waals surface area contributed by atoms with Crippen molar-refractivity contribution in [3.05, 3.63) is 136 Å². The molecule has 0 aliphatic heterocycles. The molecule has 0 aliphatic carbocycles. The summed E-state index contributed by atoms with van der Waals surface area (Å²) in [7, 11) is 0.740. The quantitative estimate of drug-likeness (QED) is 0.113. The first kappa shape index (κ1) is 52.1. The molecule has 0 amide bonds. The van der Waals surface area contributed by atoms with Crippen molar-refractivity contribution >= 4 is 36.1 Å². The van der Waals surface area contributed by atoms with Crippen molar-refractivity contribution in [1.29, 1.82) is 0 Å². The minimum absolute atomic E-state index is 0. The summed E-state index contributed by atoms with van der Waals surface area (Å²) in [6.07, 6.45) is 7.51. The first-order chi connectivity index (χ1) is 25.8. The number of rotatable bonds is 1. The molecule has 11 heteroatoms. The Bertz CT molecular complexity index is 1910. The zero-order chi connectivity index (χ0) is 43.8. The van der Waals surface area contributed by atoms with Gasteiger partial charge in [0.2, 0.25) is 0 Å². The van der Waals surface area contributed by atoms with Gasteiger partial charge in [0, 0.05) is 54.6 Å². The molecule has 5 heterocycles. The third kappa shape index (κ3) is 16.3. The molecule has 0 fully saturated rings. The molecule has 5 aromatic rings. The molecule has 5 aromatic heterocycles. The molecule has 0 atom stereocenters. The average Bonchev–Trinajstić information content (AvgIpc) is 3.15. The van der Waals surface area contributed by atoms with Crippen LogP contribution >= 0.6 is 23.2 Å². The topological polar surface area (TPSA) is 117 Å². The van der Waals surface area contributed by atoms with Crippen LogP contribution in [0.5, 0.6) is 0 Å². The van der Waals surface area contributed by atoms with E-state index < -0.39 is 7.12 Å². The van der Waals surface area contributed by atoms with Crippen LogP contribution in [0.25, 0.3) is 0 Å². The zero-order valence-corrected chi connectivity index (χ0v) is 39.3. The van der Waals surface area contributed by atoms with Gasteiger partial charge in [-0.3, -0.25) is 9.97 Å². The maximum atomic E-state index is 7.61. The van der Waals surface area contributed by atoms with Crippen molar-refractivity contribution in [1.82, 2.24) is 24.9 Å². The van der Waals surface area contributed by atoms with Gasteiger partial charge in [-0.1, -0.05) is 23.2 Å². The number of anilines is 1. The number of hydrogen-bond acceptors (Lipinski definition) is 8. The highest BCUT2D eigenvalue weighted by molar-refractivity contribution is 6.39. The lowest BCUT2D eigenvalue weighted by Gasteiger charge is -2.11. The lowest BCUT2D eigenvalue weighted by atomic mass is 9.99. The summed E-state index contributed by atoms with van der Waals surface area (Å²) in [4.78, 5) is 20.9. The van der Waals surface area contributed by atoms with Gasteiger partial charge in [0.1, 0.15) is 16.1 Å². The van der Waals surface area contributed by atoms with Gasteiger partial charge < -0.3 is 15.4 Å². The second-order valence-electron chi connectivity index (χ2n) is 14.3. The number of aromatic nitrogens is 5. The van der Waals surface area contributed by atoms with E-state index in [9.17, 15) is 0 Å². The van der Waals surface area contributed by atoms with Gasteiger partial charge in [0.15, 0.2) is 0 Å². The van der Waals surface area contributed by atoms with E-state index in [1.807, 2.05) is 67.2 Å². The Kier molecular flexibility index (Phi) is 23.0. The highest BCUT2D eigenvalue weighted by Crippen LogP contribution is 2.22. The predicted molar refractivity (Wildman–Crippen MR) is 251 cm³/mol. The van der Waals surface area contributed by atoms with Gasteiger partial charge in [-0.15, -0.1) is 0 Å². The SMILES string of the molecule is CB(O)O.CNc1nc(C)c(C)c(C)c1C.Cc1cnc(C)c(C)c1C.Cc1cnc(Cl)c(C)c1C.Cc1cncc(C)c1C.Cc1nc(Cl)c(C)c(C)c1C.[2HH].[2HH].[2HH].[2HH]. The number of pyridine rings is 5. The number of halogens is 2. The van der Waals surface area contributed by atoms with Gasteiger partial charge in [-0.2, -0.15) is 0 Å². The maximum Gasteiger partial charge on any atom is 0.448 e. The Labute approximate surface area is 355 Å². The van der Waals surface area contributed by atoms with E-state index in [1.54, 1.807) is 6.20 Å². The summed E-state index contributed by atoms with van der Waals surface area (Å²) < 4.78 is 0. The number of nitrogens with one attached hydrogen (secondary N) is 1. The van der Waals surface area contributed by atoms with Crippen LogP contribution in [-0.2, 0) is 0 Å². The zero-order valence-electron chi connectivity index (χ0n) is 37.8. The van der Waals surface area contributed by atoms with Crippen LogP contribution in [0.1, 0.15) is 106 Å². The lowest BCUT2D eigenvalue weighted by Crippen LogP contribution is -2.02. The van der Waals surface area contributed by atoms with Crippen molar-refractivity contribution in [3.8, 4) is 0 Å². The Hall–Kier alpha value is -3.89. The number of nitrogens with zero attached hydrogens (tertiary/aromatic N) is 5. The van der Waals surface area contributed by atoms with Crippen LogP contribution in [0.2, 0.25) is 17.1 Å². The second kappa shape index (κ2) is 24.7. The molecule has 3 N–H and O–H groups in total. The minimum atomic E-state index is -1.17. The van der Waals surface area contributed by atoms with E-state index in [0.717, 1.165) is 34.0 Å². The summed E-state index contributed by atoms with van der Waals surface area (Å²) in [5.74, 6) is 0.996. The van der Waals surface area contributed by atoms with Gasteiger partial charge in [-0.25, -0.2) is 15.0 Å². The molecule has 5 rings (SSSR count). The van der Waals surface area contributed by atoms with E-state index in [1.165, 1.54) is 79.1 Å². The Balaban J connectivity index is -0.000000202. The Morgan fingerprint density at radius 3 is 1.21 bits per heavy atom. The first-order valence-corrected chi connectivity index (χ1v) is 19.5. The molecule has 0 saturated carbocycles. The second-order valence-corrected chi connectivity index (χ2v) is 15.0. The van der Waals surface area contributed by atoms with Gasteiger partial charge >= 0.3 is 7.12 Å². The third-order valence-corrected chi connectivity index (χ3v) is 11.2. The van der Waals surface area contributed by atoms with Crippen molar-refractivity contribution in [2.75, 3.05) is 12.4 Å². The fourth-order valence-corrected chi connectivity index (χ4v) is 5.31. The summed E-state index contributed by atoms with van der Waals surface area (Å²) in [5, 5.41) is 19.6. The molecule has 0 aromatic carbocycles. The van der Waals surface area contributed by atoms with Crippen LogP contribution in [0.15, 0.2) is 24.8 Å². The normalized spacial score (nSPS) is 9.79. The highest BCUT2D eigenvalue weighted by atomic mass is 35.5. The summed E-state index contributed by atoms with van der Waals surface area (Å²) >= 11 is 11.7. The van der Waals surface area contributed by atoms with Crippen LogP contribution in [0.4, 0.5) is 5.82 Å². The molecule has 8 nitrogen and oxygen atoms in total. The van der Waals surface area contributed by atoms with Crippen molar-refractivity contribution in [2.45, 2.75) is 131 Å². The van der Waals surface area contributed by atoms with Crippen LogP contribution in [0.3, 0.4) is 0 Å².